The minimum Gasteiger partial charge on any atom is -0.389 e. The first kappa shape index (κ1) is 15.4. The molecule has 1 aromatic rings. The van der Waals surface area contributed by atoms with Gasteiger partial charge in [-0.25, -0.2) is 0 Å². The van der Waals surface area contributed by atoms with Crippen LogP contribution in [0.15, 0.2) is 18.2 Å². The van der Waals surface area contributed by atoms with Crippen LogP contribution in [0.3, 0.4) is 0 Å². The predicted octanol–water partition coefficient (Wildman–Crippen LogP) is 0.804. The number of para-hydroxylation sites is 1. The number of rotatable bonds is 7. The van der Waals surface area contributed by atoms with Crippen LogP contribution in [0.25, 0.3) is 0 Å². The van der Waals surface area contributed by atoms with E-state index in [0.29, 0.717) is 18.1 Å². The zero-order valence-corrected chi connectivity index (χ0v) is 12.0. The maximum atomic E-state index is 11.6. The topological polar surface area (TPSA) is 76.4 Å². The number of thiocarbonyl (C=S) groups is 1. The van der Waals surface area contributed by atoms with Crippen LogP contribution in [-0.4, -0.2) is 37.7 Å². The number of nitrogens with two attached hydrogens (primary N) is 1. The van der Waals surface area contributed by atoms with Crippen molar-refractivity contribution in [3.63, 3.8) is 0 Å². The Hall–Kier alpha value is -1.66. The molecule has 0 heterocycles. The summed E-state index contributed by atoms with van der Waals surface area (Å²) in [5, 5.41) is 5.80. The Bertz CT molecular complexity index is 463. The first-order valence-corrected chi connectivity index (χ1v) is 6.36. The number of carbonyl (C=O) groups is 1. The lowest BCUT2D eigenvalue weighted by Crippen LogP contribution is -2.32. The van der Waals surface area contributed by atoms with Gasteiger partial charge in [0.05, 0.1) is 13.2 Å². The van der Waals surface area contributed by atoms with Crippen molar-refractivity contribution >= 4 is 28.8 Å². The third-order valence-corrected chi connectivity index (χ3v) is 2.81. The number of aryl methyl sites for hydroxylation is 1. The Morgan fingerprint density at radius 2 is 2.21 bits per heavy atom. The third-order valence-electron chi connectivity index (χ3n) is 2.59. The number of methoxy groups -OCH3 is 1. The SMILES string of the molecule is COCCNC(=O)CNc1c(C)cccc1C(N)=S. The Balaban J connectivity index is 2.62. The van der Waals surface area contributed by atoms with Crippen LogP contribution in [0.1, 0.15) is 11.1 Å². The zero-order valence-electron chi connectivity index (χ0n) is 11.2. The van der Waals surface area contributed by atoms with Crippen molar-refractivity contribution < 1.29 is 9.53 Å². The van der Waals surface area contributed by atoms with Gasteiger partial charge in [0.15, 0.2) is 0 Å². The fourth-order valence-electron chi connectivity index (χ4n) is 1.63. The molecule has 1 amide bonds. The number of amides is 1. The van der Waals surface area contributed by atoms with E-state index in [4.69, 9.17) is 22.7 Å². The largest absolute Gasteiger partial charge is 0.389 e. The zero-order chi connectivity index (χ0) is 14.3. The van der Waals surface area contributed by atoms with E-state index in [2.05, 4.69) is 10.6 Å². The molecular weight excluding hydrogens is 262 g/mol. The van der Waals surface area contributed by atoms with Gasteiger partial charge in [-0.15, -0.1) is 0 Å². The van der Waals surface area contributed by atoms with Gasteiger partial charge in [0.1, 0.15) is 4.99 Å². The molecule has 1 rings (SSSR count). The monoisotopic (exact) mass is 281 g/mol. The fourth-order valence-corrected chi connectivity index (χ4v) is 1.80. The molecule has 0 fully saturated rings. The average molecular weight is 281 g/mol. The smallest absolute Gasteiger partial charge is 0.239 e. The van der Waals surface area contributed by atoms with Crippen LogP contribution < -0.4 is 16.4 Å². The lowest BCUT2D eigenvalue weighted by atomic mass is 10.1. The molecule has 0 unspecified atom stereocenters. The van der Waals surface area contributed by atoms with E-state index >= 15 is 0 Å². The van der Waals surface area contributed by atoms with Crippen LogP contribution in [-0.2, 0) is 9.53 Å². The minimum atomic E-state index is -0.103. The van der Waals surface area contributed by atoms with Gasteiger partial charge >= 0.3 is 0 Å². The number of hydrogen-bond acceptors (Lipinski definition) is 4. The van der Waals surface area contributed by atoms with Gasteiger partial charge in [0.25, 0.3) is 0 Å². The summed E-state index contributed by atoms with van der Waals surface area (Å²) in [5.41, 5.74) is 8.21. The van der Waals surface area contributed by atoms with Crippen LogP contribution in [0, 0.1) is 6.92 Å². The quantitative estimate of drug-likeness (QED) is 0.509. The molecule has 19 heavy (non-hydrogen) atoms. The molecule has 6 heteroatoms. The summed E-state index contributed by atoms with van der Waals surface area (Å²) in [4.78, 5) is 11.9. The number of anilines is 1. The highest BCUT2D eigenvalue weighted by molar-refractivity contribution is 7.80. The van der Waals surface area contributed by atoms with E-state index in [1.165, 1.54) is 0 Å². The van der Waals surface area contributed by atoms with E-state index < -0.39 is 0 Å². The molecule has 5 nitrogen and oxygen atoms in total. The van der Waals surface area contributed by atoms with Gasteiger partial charge < -0.3 is 21.1 Å². The number of benzene rings is 1. The van der Waals surface area contributed by atoms with Gasteiger partial charge in [-0.3, -0.25) is 4.79 Å². The van der Waals surface area contributed by atoms with Crippen molar-refractivity contribution in [2.75, 3.05) is 32.1 Å². The van der Waals surface area contributed by atoms with E-state index in [1.54, 1.807) is 7.11 Å². The van der Waals surface area contributed by atoms with Crippen molar-refractivity contribution in [2.45, 2.75) is 6.92 Å². The molecule has 0 bridgehead atoms. The highest BCUT2D eigenvalue weighted by Gasteiger charge is 2.09. The van der Waals surface area contributed by atoms with Gasteiger partial charge in [-0.05, 0) is 18.6 Å². The second-order valence-electron chi connectivity index (χ2n) is 4.06. The number of ether oxygens (including phenoxy) is 1. The predicted molar refractivity (Wildman–Crippen MR) is 80.4 cm³/mol. The lowest BCUT2D eigenvalue weighted by Gasteiger charge is -2.14. The average Bonchev–Trinajstić information content (AvgIpc) is 2.37. The molecule has 1 aromatic carbocycles. The summed E-state index contributed by atoms with van der Waals surface area (Å²) in [7, 11) is 1.59. The van der Waals surface area contributed by atoms with E-state index in [-0.39, 0.29) is 12.5 Å². The highest BCUT2D eigenvalue weighted by Crippen LogP contribution is 2.20. The summed E-state index contributed by atoms with van der Waals surface area (Å²) in [6, 6.07) is 5.65. The number of carbonyl (C=O) groups excluding carboxylic acids is 1. The molecule has 0 radical (unpaired) electrons. The molecule has 0 atom stereocenters. The second-order valence-corrected chi connectivity index (χ2v) is 4.50. The number of hydrogen-bond donors (Lipinski definition) is 3. The molecule has 0 aromatic heterocycles. The fraction of sp³-hybridized carbons (Fsp3) is 0.385. The molecule has 104 valence electrons. The van der Waals surface area contributed by atoms with Crippen LogP contribution in [0.4, 0.5) is 5.69 Å². The van der Waals surface area contributed by atoms with Crippen molar-refractivity contribution in [2.24, 2.45) is 5.73 Å². The highest BCUT2D eigenvalue weighted by atomic mass is 32.1. The molecule has 0 aliphatic carbocycles. The molecule has 0 spiro atoms. The van der Waals surface area contributed by atoms with Crippen molar-refractivity contribution in [3.8, 4) is 0 Å². The Kier molecular flexibility index (Phi) is 6.24. The Morgan fingerprint density at radius 1 is 1.47 bits per heavy atom. The molecule has 0 aliphatic heterocycles. The third kappa shape index (κ3) is 4.84. The minimum absolute atomic E-state index is 0.103. The molecule has 4 N–H and O–H groups in total. The van der Waals surface area contributed by atoms with Crippen LogP contribution in [0.2, 0.25) is 0 Å². The van der Waals surface area contributed by atoms with E-state index in [1.807, 2.05) is 25.1 Å². The molecule has 0 aliphatic rings. The summed E-state index contributed by atoms with van der Waals surface area (Å²) < 4.78 is 4.86. The summed E-state index contributed by atoms with van der Waals surface area (Å²) in [6.45, 7) is 3.10. The second kappa shape index (κ2) is 7.70. The summed E-state index contributed by atoms with van der Waals surface area (Å²) >= 11 is 5.00. The Morgan fingerprint density at radius 3 is 2.84 bits per heavy atom. The normalized spacial score (nSPS) is 10.0. The van der Waals surface area contributed by atoms with Crippen molar-refractivity contribution in [1.29, 1.82) is 0 Å². The van der Waals surface area contributed by atoms with E-state index in [0.717, 1.165) is 16.8 Å². The molecule has 0 saturated carbocycles. The molecule has 0 saturated heterocycles. The standard InChI is InChI=1S/C13H19N3O2S/c1-9-4-3-5-10(13(14)19)12(9)16-8-11(17)15-6-7-18-2/h3-5,16H,6-8H2,1-2H3,(H2,14,19)(H,15,17). The summed E-state index contributed by atoms with van der Waals surface area (Å²) in [6.07, 6.45) is 0. The van der Waals surface area contributed by atoms with Gasteiger partial charge in [-0.1, -0.05) is 24.4 Å². The first-order chi connectivity index (χ1) is 9.06. The van der Waals surface area contributed by atoms with E-state index in [9.17, 15) is 4.79 Å². The van der Waals surface area contributed by atoms with Crippen molar-refractivity contribution in [1.82, 2.24) is 5.32 Å². The lowest BCUT2D eigenvalue weighted by molar-refractivity contribution is -0.119. The van der Waals surface area contributed by atoms with Crippen molar-refractivity contribution in [3.05, 3.63) is 29.3 Å². The Labute approximate surface area is 118 Å². The first-order valence-electron chi connectivity index (χ1n) is 5.95. The summed E-state index contributed by atoms with van der Waals surface area (Å²) in [5.74, 6) is -0.103. The van der Waals surface area contributed by atoms with Crippen LogP contribution >= 0.6 is 12.2 Å². The maximum absolute atomic E-state index is 11.6. The van der Waals surface area contributed by atoms with Gasteiger partial charge in [-0.2, -0.15) is 0 Å². The van der Waals surface area contributed by atoms with Crippen LogP contribution in [0.5, 0.6) is 0 Å². The number of nitrogens with one attached hydrogen (secondary N) is 2. The van der Waals surface area contributed by atoms with Gasteiger partial charge in [0.2, 0.25) is 5.91 Å². The maximum Gasteiger partial charge on any atom is 0.239 e. The molecular formula is C13H19N3O2S. The van der Waals surface area contributed by atoms with Gasteiger partial charge in [0, 0.05) is 24.9 Å².